The first kappa shape index (κ1) is 13.2. The summed E-state index contributed by atoms with van der Waals surface area (Å²) in [7, 11) is 0. The molecule has 1 aliphatic heterocycles. The fourth-order valence-corrected chi connectivity index (χ4v) is 1.96. The molecule has 4 nitrogen and oxygen atoms in total. The number of imide groups is 1. The van der Waals surface area contributed by atoms with Crippen LogP contribution in [0.4, 0.5) is 0 Å². The molecule has 1 aliphatic rings. The minimum Gasteiger partial charge on any atom is -0.393 e. The summed E-state index contributed by atoms with van der Waals surface area (Å²) in [6, 6.07) is 0. The van der Waals surface area contributed by atoms with Gasteiger partial charge in [0.1, 0.15) is 0 Å². The highest BCUT2D eigenvalue weighted by atomic mass is 16.3. The van der Waals surface area contributed by atoms with Crippen LogP contribution < -0.4 is 0 Å². The molecule has 0 radical (unpaired) electrons. The second-order valence-corrected chi connectivity index (χ2v) is 5.26. The number of amides is 2. The van der Waals surface area contributed by atoms with Gasteiger partial charge in [0.25, 0.3) is 0 Å². The Morgan fingerprint density at radius 1 is 1.38 bits per heavy atom. The molecule has 4 heteroatoms. The molecule has 1 unspecified atom stereocenters. The zero-order chi connectivity index (χ0) is 12.3. The first-order valence-electron chi connectivity index (χ1n) is 5.87. The number of carbonyl (C=O) groups is 2. The maximum atomic E-state index is 11.8. The van der Waals surface area contributed by atoms with E-state index in [1.807, 2.05) is 13.8 Å². The summed E-state index contributed by atoms with van der Waals surface area (Å²) in [6.07, 6.45) is 2.36. The highest BCUT2D eigenvalue weighted by molar-refractivity contribution is 6.05. The van der Waals surface area contributed by atoms with Gasteiger partial charge in [0.05, 0.1) is 11.5 Å². The molecular formula is C12H21NO3. The molecule has 0 aromatic rings. The average molecular weight is 227 g/mol. The zero-order valence-electron chi connectivity index (χ0n) is 10.3. The van der Waals surface area contributed by atoms with Crippen LogP contribution >= 0.6 is 0 Å². The van der Waals surface area contributed by atoms with Crippen molar-refractivity contribution in [2.45, 2.75) is 52.6 Å². The first-order valence-corrected chi connectivity index (χ1v) is 5.87. The van der Waals surface area contributed by atoms with E-state index in [9.17, 15) is 9.59 Å². The van der Waals surface area contributed by atoms with E-state index in [0.717, 1.165) is 19.3 Å². The molecular weight excluding hydrogens is 206 g/mol. The van der Waals surface area contributed by atoms with Crippen LogP contribution in [0, 0.1) is 5.41 Å². The van der Waals surface area contributed by atoms with E-state index in [0.29, 0.717) is 13.0 Å². The van der Waals surface area contributed by atoms with Crippen LogP contribution in [0.1, 0.15) is 46.5 Å². The Kier molecular flexibility index (Phi) is 4.08. The lowest BCUT2D eigenvalue weighted by Gasteiger charge is -2.17. The second kappa shape index (κ2) is 4.95. The largest absolute Gasteiger partial charge is 0.393 e. The fraction of sp³-hybridized carbons (Fsp3) is 0.833. The van der Waals surface area contributed by atoms with Crippen LogP contribution in [-0.4, -0.2) is 34.5 Å². The molecule has 1 fully saturated rings. The molecule has 2 amide bonds. The van der Waals surface area contributed by atoms with E-state index >= 15 is 0 Å². The fourth-order valence-electron chi connectivity index (χ4n) is 1.96. The van der Waals surface area contributed by atoms with E-state index in [4.69, 9.17) is 5.11 Å². The zero-order valence-corrected chi connectivity index (χ0v) is 10.3. The van der Waals surface area contributed by atoms with Crippen LogP contribution in [-0.2, 0) is 9.59 Å². The number of hydrogen-bond donors (Lipinski definition) is 1. The molecule has 0 aromatic heterocycles. The minimum absolute atomic E-state index is 0.0606. The quantitative estimate of drug-likeness (QED) is 0.569. The summed E-state index contributed by atoms with van der Waals surface area (Å²) in [4.78, 5) is 24.8. The third kappa shape index (κ3) is 3.04. The van der Waals surface area contributed by atoms with Crippen molar-refractivity contribution in [3.8, 4) is 0 Å². The highest BCUT2D eigenvalue weighted by Crippen LogP contribution is 2.31. The molecule has 0 aliphatic carbocycles. The van der Waals surface area contributed by atoms with Crippen molar-refractivity contribution >= 4 is 11.8 Å². The molecule has 1 heterocycles. The maximum Gasteiger partial charge on any atom is 0.235 e. The lowest BCUT2D eigenvalue weighted by atomic mass is 9.92. The number of aliphatic hydroxyl groups excluding tert-OH is 1. The Labute approximate surface area is 96.6 Å². The predicted octanol–water partition coefficient (Wildman–Crippen LogP) is 1.32. The first-order chi connectivity index (χ1) is 7.34. The molecule has 1 atom stereocenters. The summed E-state index contributed by atoms with van der Waals surface area (Å²) in [6.45, 7) is 5.86. The minimum atomic E-state index is -0.526. The highest BCUT2D eigenvalue weighted by Gasteiger charge is 2.44. The number of unbranched alkanes of at least 4 members (excludes halogenated alkanes) is 1. The van der Waals surface area contributed by atoms with E-state index in [-0.39, 0.29) is 17.9 Å². The Hall–Kier alpha value is -0.900. The van der Waals surface area contributed by atoms with Gasteiger partial charge in [-0.15, -0.1) is 0 Å². The number of hydrogen-bond acceptors (Lipinski definition) is 3. The lowest BCUT2D eigenvalue weighted by molar-refractivity contribution is -0.140. The van der Waals surface area contributed by atoms with Crippen molar-refractivity contribution < 1.29 is 14.7 Å². The summed E-state index contributed by atoms with van der Waals surface area (Å²) in [5.74, 6) is -0.124. The normalized spacial score (nSPS) is 21.6. The Balaban J connectivity index is 2.38. The molecule has 1 saturated heterocycles. The molecule has 0 bridgehead atoms. The van der Waals surface area contributed by atoms with Crippen LogP contribution in [0.5, 0.6) is 0 Å². The van der Waals surface area contributed by atoms with Gasteiger partial charge in [0.15, 0.2) is 0 Å². The summed E-state index contributed by atoms with van der Waals surface area (Å²) in [5.41, 5.74) is -0.526. The summed E-state index contributed by atoms with van der Waals surface area (Å²) < 4.78 is 0. The van der Waals surface area contributed by atoms with Crippen molar-refractivity contribution in [2.24, 2.45) is 5.41 Å². The predicted molar refractivity (Wildman–Crippen MR) is 60.6 cm³/mol. The standard InChI is InChI=1S/C12H21NO3/c1-9(14)6-4-5-7-13-10(15)8-12(2,3)11(13)16/h9,14H,4-8H2,1-3H3. The number of aliphatic hydroxyl groups is 1. The van der Waals surface area contributed by atoms with E-state index in [1.54, 1.807) is 6.92 Å². The van der Waals surface area contributed by atoms with E-state index in [1.165, 1.54) is 4.90 Å². The van der Waals surface area contributed by atoms with Gasteiger partial charge in [-0.25, -0.2) is 0 Å². The Morgan fingerprint density at radius 2 is 2.00 bits per heavy atom. The van der Waals surface area contributed by atoms with Crippen molar-refractivity contribution in [1.29, 1.82) is 0 Å². The SMILES string of the molecule is CC(O)CCCCN1C(=O)CC(C)(C)C1=O. The van der Waals surface area contributed by atoms with Crippen LogP contribution in [0.25, 0.3) is 0 Å². The maximum absolute atomic E-state index is 11.8. The van der Waals surface area contributed by atoms with E-state index < -0.39 is 5.41 Å². The van der Waals surface area contributed by atoms with Crippen LogP contribution in [0.15, 0.2) is 0 Å². The second-order valence-electron chi connectivity index (χ2n) is 5.26. The van der Waals surface area contributed by atoms with Crippen molar-refractivity contribution in [1.82, 2.24) is 4.90 Å². The molecule has 1 rings (SSSR count). The lowest BCUT2D eigenvalue weighted by Crippen LogP contribution is -2.33. The van der Waals surface area contributed by atoms with Gasteiger partial charge in [0.2, 0.25) is 11.8 Å². The van der Waals surface area contributed by atoms with Crippen molar-refractivity contribution in [3.63, 3.8) is 0 Å². The molecule has 0 saturated carbocycles. The van der Waals surface area contributed by atoms with Gasteiger partial charge in [-0.3, -0.25) is 14.5 Å². The van der Waals surface area contributed by atoms with Gasteiger partial charge in [-0.2, -0.15) is 0 Å². The molecule has 1 N–H and O–H groups in total. The molecule has 16 heavy (non-hydrogen) atoms. The molecule has 0 aromatic carbocycles. The third-order valence-corrected chi connectivity index (χ3v) is 2.97. The monoisotopic (exact) mass is 227 g/mol. The van der Waals surface area contributed by atoms with Gasteiger partial charge >= 0.3 is 0 Å². The third-order valence-electron chi connectivity index (χ3n) is 2.97. The summed E-state index contributed by atoms with van der Waals surface area (Å²) >= 11 is 0. The van der Waals surface area contributed by atoms with Gasteiger partial charge < -0.3 is 5.11 Å². The smallest absolute Gasteiger partial charge is 0.235 e. The molecule has 92 valence electrons. The van der Waals surface area contributed by atoms with Crippen molar-refractivity contribution in [3.05, 3.63) is 0 Å². The van der Waals surface area contributed by atoms with Crippen molar-refractivity contribution in [2.75, 3.05) is 6.54 Å². The number of carbonyl (C=O) groups excluding carboxylic acids is 2. The summed E-state index contributed by atoms with van der Waals surface area (Å²) in [5, 5.41) is 9.08. The van der Waals surface area contributed by atoms with Crippen LogP contribution in [0.2, 0.25) is 0 Å². The topological polar surface area (TPSA) is 57.6 Å². The van der Waals surface area contributed by atoms with Crippen LogP contribution in [0.3, 0.4) is 0 Å². The number of nitrogens with zero attached hydrogens (tertiary/aromatic N) is 1. The van der Waals surface area contributed by atoms with Gasteiger partial charge in [-0.05, 0) is 26.2 Å². The molecule has 0 spiro atoms. The average Bonchev–Trinajstić information content (AvgIpc) is 2.33. The Bertz CT molecular complexity index is 284. The number of rotatable bonds is 5. The number of likely N-dealkylation sites (tertiary alicyclic amines) is 1. The van der Waals surface area contributed by atoms with E-state index in [2.05, 4.69) is 0 Å². The van der Waals surface area contributed by atoms with Gasteiger partial charge in [0, 0.05) is 13.0 Å². The van der Waals surface area contributed by atoms with Gasteiger partial charge in [-0.1, -0.05) is 13.8 Å². The Morgan fingerprint density at radius 3 is 2.44 bits per heavy atom.